The van der Waals surface area contributed by atoms with Crippen LogP contribution in [-0.2, 0) is 4.79 Å². The monoisotopic (exact) mass is 294 g/mol. The third-order valence-corrected chi connectivity index (χ3v) is 3.77. The molecule has 17 heavy (non-hydrogen) atoms. The normalized spacial score (nSPS) is 20.1. The minimum Gasteiger partial charge on any atom is -0.478 e. The van der Waals surface area contributed by atoms with Gasteiger partial charge in [0.1, 0.15) is 0 Å². The van der Waals surface area contributed by atoms with E-state index in [-0.39, 0.29) is 0 Å². The first-order valence-corrected chi connectivity index (χ1v) is 6.62. The molecular formula is C14H15BrO2. The molecule has 1 aliphatic rings. The van der Waals surface area contributed by atoms with Gasteiger partial charge >= 0.3 is 5.97 Å². The molecule has 1 N–H and O–H groups in total. The summed E-state index contributed by atoms with van der Waals surface area (Å²) in [5.74, 6) is -0.251. The van der Waals surface area contributed by atoms with Gasteiger partial charge in [-0.2, -0.15) is 0 Å². The van der Waals surface area contributed by atoms with Gasteiger partial charge < -0.3 is 5.11 Å². The zero-order chi connectivity index (χ0) is 12.3. The van der Waals surface area contributed by atoms with Crippen molar-refractivity contribution < 1.29 is 9.90 Å². The molecule has 0 atom stereocenters. The van der Waals surface area contributed by atoms with Crippen LogP contribution < -0.4 is 0 Å². The minimum atomic E-state index is -0.819. The van der Waals surface area contributed by atoms with Gasteiger partial charge in [0.05, 0.1) is 0 Å². The zero-order valence-corrected chi connectivity index (χ0v) is 11.1. The Morgan fingerprint density at radius 1 is 1.35 bits per heavy atom. The van der Waals surface area contributed by atoms with E-state index in [4.69, 9.17) is 5.11 Å². The Kier molecular flexibility index (Phi) is 4.00. The van der Waals surface area contributed by atoms with E-state index in [1.165, 1.54) is 11.6 Å². The van der Waals surface area contributed by atoms with Crippen molar-refractivity contribution in [2.75, 3.05) is 0 Å². The zero-order valence-electron chi connectivity index (χ0n) is 9.53. The van der Waals surface area contributed by atoms with Crippen LogP contribution in [0.3, 0.4) is 0 Å². The molecule has 1 aromatic rings. The lowest BCUT2D eigenvalue weighted by molar-refractivity contribution is -0.131. The fourth-order valence-electron chi connectivity index (χ4n) is 2.40. The molecule has 1 aliphatic carbocycles. The summed E-state index contributed by atoms with van der Waals surface area (Å²) in [4.78, 5) is 10.6. The van der Waals surface area contributed by atoms with E-state index < -0.39 is 5.97 Å². The molecule has 1 aromatic carbocycles. The first-order valence-electron chi connectivity index (χ1n) is 5.83. The van der Waals surface area contributed by atoms with Gasteiger partial charge in [-0.05, 0) is 49.3 Å². The third kappa shape index (κ3) is 3.43. The maximum atomic E-state index is 10.6. The molecule has 2 rings (SSSR count). The van der Waals surface area contributed by atoms with E-state index in [9.17, 15) is 4.79 Å². The number of hydrogen-bond acceptors (Lipinski definition) is 1. The minimum absolute atomic E-state index is 0.568. The van der Waals surface area contributed by atoms with Crippen LogP contribution in [0.1, 0.15) is 37.2 Å². The van der Waals surface area contributed by atoms with Crippen molar-refractivity contribution in [1.82, 2.24) is 0 Å². The van der Waals surface area contributed by atoms with Crippen LogP contribution in [0.25, 0.3) is 0 Å². The van der Waals surface area contributed by atoms with Gasteiger partial charge in [-0.15, -0.1) is 0 Å². The Labute approximate surface area is 109 Å². The van der Waals surface area contributed by atoms with Gasteiger partial charge in [-0.1, -0.05) is 33.6 Å². The Morgan fingerprint density at radius 2 is 2.06 bits per heavy atom. The molecule has 1 fully saturated rings. The number of carboxylic acid groups (broad SMARTS) is 1. The second-order valence-electron chi connectivity index (χ2n) is 4.47. The summed E-state index contributed by atoms with van der Waals surface area (Å²) in [6, 6.07) is 8.40. The molecule has 0 bridgehead atoms. The number of halogens is 1. The average Bonchev–Trinajstić information content (AvgIpc) is 2.29. The van der Waals surface area contributed by atoms with Gasteiger partial charge in [-0.25, -0.2) is 4.79 Å². The van der Waals surface area contributed by atoms with Gasteiger partial charge in [0.2, 0.25) is 0 Å². The molecule has 0 spiro atoms. The van der Waals surface area contributed by atoms with E-state index in [1.807, 2.05) is 6.07 Å². The summed E-state index contributed by atoms with van der Waals surface area (Å²) in [5, 5.41) is 8.70. The maximum absolute atomic E-state index is 10.6. The number of rotatable bonds is 2. The van der Waals surface area contributed by atoms with Crippen molar-refractivity contribution in [3.63, 3.8) is 0 Å². The lowest BCUT2D eigenvalue weighted by Gasteiger charge is -2.24. The number of carbonyl (C=O) groups is 1. The van der Waals surface area contributed by atoms with E-state index in [1.54, 1.807) is 0 Å². The first-order chi connectivity index (χ1) is 8.15. The maximum Gasteiger partial charge on any atom is 0.328 e. The molecule has 2 nitrogen and oxygen atoms in total. The van der Waals surface area contributed by atoms with Crippen LogP contribution in [0.15, 0.2) is 40.4 Å². The highest BCUT2D eigenvalue weighted by molar-refractivity contribution is 9.10. The molecule has 0 unspecified atom stereocenters. The molecule has 90 valence electrons. The summed E-state index contributed by atoms with van der Waals surface area (Å²) < 4.78 is 1.11. The molecule has 0 aromatic heterocycles. The smallest absolute Gasteiger partial charge is 0.328 e. The second-order valence-corrected chi connectivity index (χ2v) is 5.39. The van der Waals surface area contributed by atoms with Crippen LogP contribution >= 0.6 is 15.9 Å². The van der Waals surface area contributed by atoms with E-state index in [0.29, 0.717) is 5.92 Å². The lowest BCUT2D eigenvalue weighted by atomic mass is 9.81. The van der Waals surface area contributed by atoms with Crippen molar-refractivity contribution in [1.29, 1.82) is 0 Å². The number of benzene rings is 1. The van der Waals surface area contributed by atoms with Gasteiger partial charge in [-0.3, -0.25) is 0 Å². The largest absolute Gasteiger partial charge is 0.478 e. The highest BCUT2D eigenvalue weighted by atomic mass is 79.9. The van der Waals surface area contributed by atoms with E-state index in [0.717, 1.165) is 35.7 Å². The molecule has 1 saturated carbocycles. The van der Waals surface area contributed by atoms with Gasteiger partial charge in [0.15, 0.2) is 0 Å². The van der Waals surface area contributed by atoms with Gasteiger partial charge in [0.25, 0.3) is 0 Å². The van der Waals surface area contributed by atoms with Crippen molar-refractivity contribution >= 4 is 21.9 Å². The Bertz CT molecular complexity index is 441. The van der Waals surface area contributed by atoms with Crippen molar-refractivity contribution in [2.24, 2.45) is 0 Å². The average molecular weight is 295 g/mol. The first kappa shape index (κ1) is 12.4. The lowest BCUT2D eigenvalue weighted by Crippen LogP contribution is -2.07. The van der Waals surface area contributed by atoms with Crippen molar-refractivity contribution in [2.45, 2.75) is 31.6 Å². The predicted octanol–water partition coefficient (Wildman–Crippen LogP) is 4.12. The molecule has 3 heteroatoms. The molecule has 0 aliphatic heterocycles. The van der Waals surface area contributed by atoms with Crippen molar-refractivity contribution in [3.05, 3.63) is 46.0 Å². The molecule has 0 amide bonds. The molecule has 0 saturated heterocycles. The van der Waals surface area contributed by atoms with Gasteiger partial charge in [0, 0.05) is 10.5 Å². The summed E-state index contributed by atoms with van der Waals surface area (Å²) >= 11 is 3.48. The van der Waals surface area contributed by atoms with Crippen LogP contribution in [0.2, 0.25) is 0 Å². The third-order valence-electron chi connectivity index (χ3n) is 3.28. The van der Waals surface area contributed by atoms with E-state index in [2.05, 4.69) is 34.1 Å². The van der Waals surface area contributed by atoms with Crippen LogP contribution in [0, 0.1) is 0 Å². The molecule has 0 radical (unpaired) electrons. The Hall–Kier alpha value is -1.09. The highest BCUT2D eigenvalue weighted by Crippen LogP contribution is 2.36. The fraction of sp³-hybridized carbons (Fsp3) is 0.357. The number of carboxylic acids is 1. The highest BCUT2D eigenvalue weighted by Gasteiger charge is 2.18. The summed E-state index contributed by atoms with van der Waals surface area (Å²) in [7, 11) is 0. The summed E-state index contributed by atoms with van der Waals surface area (Å²) in [6.07, 6.45) is 5.29. The van der Waals surface area contributed by atoms with Crippen LogP contribution in [0.5, 0.6) is 0 Å². The molecule has 0 heterocycles. The Morgan fingerprint density at radius 3 is 2.65 bits per heavy atom. The SMILES string of the molecule is O=C(O)C=C1CCC(c2cccc(Br)c2)CC1. The van der Waals surface area contributed by atoms with E-state index >= 15 is 0 Å². The van der Waals surface area contributed by atoms with Crippen LogP contribution in [0.4, 0.5) is 0 Å². The van der Waals surface area contributed by atoms with Crippen LogP contribution in [-0.4, -0.2) is 11.1 Å². The number of aliphatic carboxylic acids is 1. The second kappa shape index (κ2) is 5.50. The van der Waals surface area contributed by atoms with Crippen molar-refractivity contribution in [3.8, 4) is 0 Å². The topological polar surface area (TPSA) is 37.3 Å². The molecular weight excluding hydrogens is 280 g/mol. The number of allylic oxidation sites excluding steroid dienone is 1. The predicted molar refractivity (Wildman–Crippen MR) is 71.1 cm³/mol. The Balaban J connectivity index is 2.02. The summed E-state index contributed by atoms with van der Waals surface area (Å²) in [5.41, 5.74) is 2.43. The number of hydrogen-bond donors (Lipinski definition) is 1. The standard InChI is InChI=1S/C14H15BrO2/c15-13-3-1-2-12(9-13)11-6-4-10(5-7-11)8-14(16)17/h1-3,8-9,11H,4-7H2,(H,16,17). The quantitative estimate of drug-likeness (QED) is 0.833. The fourth-order valence-corrected chi connectivity index (χ4v) is 2.82. The summed E-state index contributed by atoms with van der Waals surface area (Å²) in [6.45, 7) is 0.